The van der Waals surface area contributed by atoms with E-state index in [1.54, 1.807) is 11.8 Å². The van der Waals surface area contributed by atoms with Gasteiger partial charge in [0.05, 0.1) is 17.4 Å². The summed E-state index contributed by atoms with van der Waals surface area (Å²) in [6, 6.07) is 6.75. The number of hydrogen-bond acceptors (Lipinski definition) is 9. The fourth-order valence-electron chi connectivity index (χ4n) is 5.36. The summed E-state index contributed by atoms with van der Waals surface area (Å²) in [5, 5.41) is 5.61. The Morgan fingerprint density at radius 2 is 1.76 bits per heavy atom. The molecule has 3 amide bonds. The smallest absolute Gasteiger partial charge is 0.416 e. The van der Waals surface area contributed by atoms with E-state index >= 15 is 0 Å². The van der Waals surface area contributed by atoms with E-state index in [0.29, 0.717) is 31.6 Å². The second-order valence-corrected chi connectivity index (χ2v) is 15.8. The monoisotopic (exact) mass is 739 g/mol. The third-order valence-electron chi connectivity index (χ3n) is 7.88. The van der Waals surface area contributed by atoms with Crippen LogP contribution in [0.2, 0.25) is 10.0 Å². The number of nitrogens with zero attached hydrogens (tertiary/aromatic N) is 3. The lowest BCUT2D eigenvalue weighted by Crippen LogP contribution is -2.59. The Kier molecular flexibility index (Phi) is 12.9. The normalized spacial score (nSPS) is 15.8. The molecule has 1 aromatic heterocycles. The molecule has 2 aromatic rings. The Hall–Kier alpha value is -3.46. The van der Waals surface area contributed by atoms with Gasteiger partial charge in [0.15, 0.2) is 0 Å². The van der Waals surface area contributed by atoms with Crippen molar-refractivity contribution in [3.63, 3.8) is 0 Å². The van der Waals surface area contributed by atoms with E-state index in [1.807, 2.05) is 32.9 Å². The number of fused-ring (bicyclic) bond motifs is 1. The molecule has 2 N–H and O–H groups in total. The molecule has 1 fully saturated rings. The number of unbranched alkanes of at least 4 members (excludes halogenated alkanes) is 1. The van der Waals surface area contributed by atoms with Gasteiger partial charge >= 0.3 is 12.1 Å². The summed E-state index contributed by atoms with van der Waals surface area (Å²) in [5.41, 5.74) is 1.18. The van der Waals surface area contributed by atoms with Gasteiger partial charge in [-0.25, -0.2) is 23.0 Å². The van der Waals surface area contributed by atoms with E-state index in [2.05, 4.69) is 10.6 Å². The number of pyridine rings is 1. The third kappa shape index (κ3) is 10.5. The Morgan fingerprint density at radius 1 is 1.06 bits per heavy atom. The van der Waals surface area contributed by atoms with Crippen molar-refractivity contribution in [3.05, 3.63) is 51.6 Å². The van der Waals surface area contributed by atoms with E-state index in [4.69, 9.17) is 37.7 Å². The topological polar surface area (TPSA) is 164 Å². The lowest BCUT2D eigenvalue weighted by atomic mass is 10.0. The van der Waals surface area contributed by atoms with Crippen LogP contribution in [0, 0.1) is 5.92 Å². The molecule has 1 unspecified atom stereocenters. The molecule has 0 spiro atoms. The van der Waals surface area contributed by atoms with Crippen LogP contribution in [0.4, 0.5) is 10.6 Å². The molecule has 0 saturated carbocycles. The van der Waals surface area contributed by atoms with Gasteiger partial charge in [0.1, 0.15) is 17.5 Å². The van der Waals surface area contributed by atoms with Gasteiger partial charge < -0.3 is 20.1 Å². The predicted octanol–water partition coefficient (Wildman–Crippen LogP) is 4.27. The van der Waals surface area contributed by atoms with Gasteiger partial charge in [-0.05, 0) is 89.6 Å². The number of amides is 3. The predicted molar refractivity (Wildman–Crippen MR) is 184 cm³/mol. The molecule has 1 aromatic carbocycles. The van der Waals surface area contributed by atoms with Crippen LogP contribution in [-0.2, 0) is 46.7 Å². The van der Waals surface area contributed by atoms with Gasteiger partial charge in [0.25, 0.3) is 0 Å². The molecule has 16 heteroatoms. The van der Waals surface area contributed by atoms with Crippen LogP contribution in [0.5, 0.6) is 0 Å². The largest absolute Gasteiger partial charge is 0.464 e. The molecule has 49 heavy (non-hydrogen) atoms. The minimum absolute atomic E-state index is 0.0725. The van der Waals surface area contributed by atoms with Crippen LogP contribution in [-0.4, -0.2) is 86.0 Å². The van der Waals surface area contributed by atoms with E-state index in [-0.39, 0.29) is 53.5 Å². The van der Waals surface area contributed by atoms with Gasteiger partial charge in [-0.1, -0.05) is 29.3 Å². The Bertz CT molecular complexity index is 1640. The van der Waals surface area contributed by atoms with Crippen LogP contribution >= 0.6 is 23.2 Å². The number of aryl methyl sites for hydroxylation is 2. The summed E-state index contributed by atoms with van der Waals surface area (Å²) in [6.45, 7) is 7.31. The Labute approximate surface area is 297 Å². The quantitative estimate of drug-likeness (QED) is 0.226. The van der Waals surface area contributed by atoms with Crippen LogP contribution in [0.1, 0.15) is 64.6 Å². The first-order chi connectivity index (χ1) is 23.1. The average molecular weight is 741 g/mol. The SMILES string of the molecule is CCOC(=O)C(CNC(=O)CCCCc1ccc2c(n1)N(C(=O)OC(C)(C)C)CCC2)NC(=O)C1CN(S(=O)(=O)c2cc(Cl)cc(Cl)c2)C1. The first kappa shape index (κ1) is 38.3. The van der Waals surface area contributed by atoms with Crippen molar-refractivity contribution in [3.8, 4) is 0 Å². The number of sulfonamides is 1. The van der Waals surface area contributed by atoms with Crippen molar-refractivity contribution >= 4 is 62.9 Å². The summed E-state index contributed by atoms with van der Waals surface area (Å²) in [6.07, 6.45) is 3.22. The van der Waals surface area contributed by atoms with Gasteiger partial charge in [-0.3, -0.25) is 14.5 Å². The van der Waals surface area contributed by atoms with Crippen molar-refractivity contribution in [2.24, 2.45) is 5.92 Å². The zero-order valence-electron chi connectivity index (χ0n) is 28.1. The minimum atomic E-state index is -3.92. The molecule has 4 rings (SSSR count). The number of carbonyl (C=O) groups excluding carboxylic acids is 4. The maximum absolute atomic E-state index is 12.9. The van der Waals surface area contributed by atoms with Crippen molar-refractivity contribution in [2.75, 3.05) is 37.7 Å². The third-order valence-corrected chi connectivity index (χ3v) is 10.1. The maximum Gasteiger partial charge on any atom is 0.416 e. The second kappa shape index (κ2) is 16.5. The number of halogens is 2. The van der Waals surface area contributed by atoms with Crippen molar-refractivity contribution < 1.29 is 37.1 Å². The molecule has 268 valence electrons. The molecule has 0 radical (unpaired) electrons. The summed E-state index contributed by atoms with van der Waals surface area (Å²) < 4.78 is 37.6. The van der Waals surface area contributed by atoms with E-state index < -0.39 is 45.6 Å². The molecular formula is C33H43Cl2N5O8S. The highest BCUT2D eigenvalue weighted by molar-refractivity contribution is 7.89. The lowest BCUT2D eigenvalue weighted by Gasteiger charge is -2.37. The molecular weight excluding hydrogens is 697 g/mol. The summed E-state index contributed by atoms with van der Waals surface area (Å²) in [5.74, 6) is -1.65. The Morgan fingerprint density at radius 3 is 2.41 bits per heavy atom. The molecule has 2 aliphatic rings. The molecule has 0 aliphatic carbocycles. The van der Waals surface area contributed by atoms with Crippen molar-refractivity contribution in [1.29, 1.82) is 0 Å². The van der Waals surface area contributed by atoms with Crippen molar-refractivity contribution in [1.82, 2.24) is 19.9 Å². The Balaban J connectivity index is 1.24. The van der Waals surface area contributed by atoms with E-state index in [9.17, 15) is 27.6 Å². The zero-order chi connectivity index (χ0) is 35.9. The fraction of sp³-hybridized carbons (Fsp3) is 0.545. The van der Waals surface area contributed by atoms with Crippen LogP contribution < -0.4 is 15.5 Å². The van der Waals surface area contributed by atoms with Crippen LogP contribution in [0.3, 0.4) is 0 Å². The summed E-state index contributed by atoms with van der Waals surface area (Å²) in [7, 11) is -3.92. The molecule has 3 heterocycles. The molecule has 1 atom stereocenters. The lowest BCUT2D eigenvalue weighted by molar-refractivity contribution is -0.148. The number of rotatable bonds is 13. The van der Waals surface area contributed by atoms with Gasteiger partial charge in [0.2, 0.25) is 21.8 Å². The van der Waals surface area contributed by atoms with E-state index in [0.717, 1.165) is 28.4 Å². The van der Waals surface area contributed by atoms with Gasteiger partial charge in [0, 0.05) is 48.3 Å². The average Bonchev–Trinajstić information content (AvgIpc) is 2.98. The van der Waals surface area contributed by atoms with Crippen LogP contribution in [0.15, 0.2) is 35.2 Å². The molecule has 2 aliphatic heterocycles. The number of benzene rings is 1. The zero-order valence-corrected chi connectivity index (χ0v) is 30.4. The highest BCUT2D eigenvalue weighted by Gasteiger charge is 2.41. The summed E-state index contributed by atoms with van der Waals surface area (Å²) >= 11 is 11.9. The fourth-order valence-corrected chi connectivity index (χ4v) is 7.62. The number of hydrogen-bond donors (Lipinski definition) is 2. The first-order valence-electron chi connectivity index (χ1n) is 16.3. The first-order valence-corrected chi connectivity index (χ1v) is 18.5. The molecule has 1 saturated heterocycles. The number of anilines is 1. The molecule has 13 nitrogen and oxygen atoms in total. The second-order valence-electron chi connectivity index (χ2n) is 13.0. The number of nitrogens with one attached hydrogen (secondary N) is 2. The van der Waals surface area contributed by atoms with Gasteiger partial charge in [-0.15, -0.1) is 0 Å². The number of esters is 1. The maximum atomic E-state index is 12.9. The minimum Gasteiger partial charge on any atom is -0.464 e. The standard InChI is InChI=1S/C33H43Cl2N5O8S/c1-5-47-31(43)27(38-30(42)22-19-39(20-22)49(45,46)26-16-23(34)15-24(35)17-26)18-36-28(41)11-7-6-10-25-13-12-21-9-8-14-40(29(21)37-25)32(44)48-33(2,3)4/h12-13,15-17,22,27H,5-11,14,18-20H2,1-4H3,(H,36,41)(H,38,42). The van der Waals surface area contributed by atoms with Gasteiger partial charge in [-0.2, -0.15) is 4.31 Å². The highest BCUT2D eigenvalue weighted by Crippen LogP contribution is 2.30. The molecule has 0 bridgehead atoms. The number of ether oxygens (including phenoxy) is 2. The summed E-state index contributed by atoms with van der Waals surface area (Å²) in [4.78, 5) is 57.2. The van der Waals surface area contributed by atoms with Crippen LogP contribution in [0.25, 0.3) is 0 Å². The van der Waals surface area contributed by atoms with Crippen molar-refractivity contribution in [2.45, 2.75) is 82.8 Å². The number of carbonyl (C=O) groups is 4. The van der Waals surface area contributed by atoms with E-state index in [1.165, 1.54) is 18.2 Å². The highest BCUT2D eigenvalue weighted by atomic mass is 35.5. The number of aromatic nitrogens is 1.